The molecule has 4 aromatic rings. The number of carbonyl (C=O) groups excluding carboxylic acids is 2. The molecule has 2 amide bonds. The van der Waals surface area contributed by atoms with Gasteiger partial charge in [0.15, 0.2) is 0 Å². The van der Waals surface area contributed by atoms with Crippen LogP contribution in [0, 0.1) is 6.92 Å². The first-order valence-electron chi connectivity index (χ1n) is 10.8. The average Bonchev–Trinajstić information content (AvgIpc) is 3.42. The molecule has 2 heterocycles. The predicted octanol–water partition coefficient (Wildman–Crippen LogP) is 4.49. The monoisotopic (exact) mass is 461 g/mol. The van der Waals surface area contributed by atoms with E-state index in [0.29, 0.717) is 11.2 Å². The van der Waals surface area contributed by atoms with Crippen molar-refractivity contribution in [2.45, 2.75) is 45.8 Å². The molecule has 170 valence electrons. The lowest BCUT2D eigenvalue weighted by Gasteiger charge is -2.33. The van der Waals surface area contributed by atoms with Crippen LogP contribution in [0.15, 0.2) is 66.0 Å². The van der Waals surface area contributed by atoms with E-state index in [9.17, 15) is 9.59 Å². The van der Waals surface area contributed by atoms with Gasteiger partial charge in [-0.25, -0.2) is 4.68 Å². The van der Waals surface area contributed by atoms with Crippen molar-refractivity contribution in [3.8, 4) is 0 Å². The Balaban J connectivity index is 1.77. The van der Waals surface area contributed by atoms with E-state index < -0.39 is 11.6 Å². The average molecular weight is 462 g/mol. The normalized spacial score (nSPS) is 12.5. The van der Waals surface area contributed by atoms with Gasteiger partial charge < -0.3 is 5.32 Å². The van der Waals surface area contributed by atoms with Crippen LogP contribution >= 0.6 is 11.3 Å². The van der Waals surface area contributed by atoms with Gasteiger partial charge in [-0.3, -0.25) is 14.5 Å². The molecule has 0 aliphatic carbocycles. The molecule has 2 aromatic carbocycles. The van der Waals surface area contributed by atoms with Crippen LogP contribution in [0.2, 0.25) is 0 Å². The van der Waals surface area contributed by atoms with Crippen molar-refractivity contribution in [1.29, 1.82) is 0 Å². The van der Waals surface area contributed by atoms with E-state index in [1.165, 1.54) is 11.3 Å². The summed E-state index contributed by atoms with van der Waals surface area (Å²) in [5, 5.41) is 13.3. The summed E-state index contributed by atoms with van der Waals surface area (Å²) in [6.45, 7) is 7.72. The van der Waals surface area contributed by atoms with Gasteiger partial charge in [0.05, 0.1) is 5.52 Å². The van der Waals surface area contributed by atoms with E-state index in [1.54, 1.807) is 9.58 Å². The Hall–Kier alpha value is -3.52. The maximum atomic E-state index is 13.8. The number of thiophene rings is 1. The number of carbonyl (C=O) groups is 2. The first-order valence-corrected chi connectivity index (χ1v) is 11.6. The zero-order valence-electron chi connectivity index (χ0n) is 19.1. The minimum atomic E-state index is -0.811. The number of hydrogen-bond acceptors (Lipinski definition) is 5. The number of nitrogens with one attached hydrogen (secondary N) is 1. The van der Waals surface area contributed by atoms with Gasteiger partial charge >= 0.3 is 0 Å². The largest absolute Gasteiger partial charge is 0.349 e. The van der Waals surface area contributed by atoms with Crippen molar-refractivity contribution in [1.82, 2.24) is 20.3 Å². The Kier molecular flexibility index (Phi) is 6.29. The molecule has 1 atom stereocenters. The molecule has 0 saturated carbocycles. The summed E-state index contributed by atoms with van der Waals surface area (Å²) < 4.78 is 1.58. The molecule has 0 radical (unpaired) electrons. The highest BCUT2D eigenvalue weighted by molar-refractivity contribution is 7.10. The molecule has 7 nitrogen and oxygen atoms in total. The highest BCUT2D eigenvalue weighted by Crippen LogP contribution is 2.32. The van der Waals surface area contributed by atoms with Crippen LogP contribution < -0.4 is 10.2 Å². The highest BCUT2D eigenvalue weighted by Gasteiger charge is 2.35. The lowest BCUT2D eigenvalue weighted by atomic mass is 10.1. The number of para-hydroxylation sites is 1. The number of amides is 2. The van der Waals surface area contributed by atoms with Gasteiger partial charge in [-0.15, -0.1) is 16.4 Å². The second-order valence-corrected chi connectivity index (χ2v) is 9.97. The van der Waals surface area contributed by atoms with Crippen LogP contribution in [0.25, 0.3) is 11.0 Å². The third-order valence-corrected chi connectivity index (χ3v) is 6.03. The fourth-order valence-corrected chi connectivity index (χ4v) is 4.45. The van der Waals surface area contributed by atoms with Crippen LogP contribution in [-0.4, -0.2) is 32.3 Å². The van der Waals surface area contributed by atoms with Gasteiger partial charge in [0.1, 0.15) is 18.1 Å². The lowest BCUT2D eigenvalue weighted by Crippen LogP contribution is -2.50. The van der Waals surface area contributed by atoms with Crippen molar-refractivity contribution >= 4 is 39.9 Å². The Morgan fingerprint density at radius 3 is 2.45 bits per heavy atom. The Bertz CT molecular complexity index is 1260. The maximum absolute atomic E-state index is 13.8. The molecule has 0 unspecified atom stereocenters. The van der Waals surface area contributed by atoms with E-state index in [1.807, 2.05) is 93.7 Å². The van der Waals surface area contributed by atoms with Crippen molar-refractivity contribution in [3.63, 3.8) is 0 Å². The quantitative estimate of drug-likeness (QED) is 0.459. The Labute approximate surface area is 197 Å². The third kappa shape index (κ3) is 5.12. The molecule has 1 N–H and O–H groups in total. The number of anilines is 1. The molecule has 0 bridgehead atoms. The van der Waals surface area contributed by atoms with Crippen LogP contribution in [0.3, 0.4) is 0 Å². The van der Waals surface area contributed by atoms with Gasteiger partial charge in [-0.05, 0) is 63.4 Å². The number of hydrogen-bond donors (Lipinski definition) is 1. The second-order valence-electron chi connectivity index (χ2n) is 8.99. The van der Waals surface area contributed by atoms with E-state index >= 15 is 0 Å². The minimum absolute atomic E-state index is 0.0426. The van der Waals surface area contributed by atoms with E-state index in [2.05, 4.69) is 15.6 Å². The van der Waals surface area contributed by atoms with Crippen molar-refractivity contribution < 1.29 is 9.59 Å². The van der Waals surface area contributed by atoms with Gasteiger partial charge in [-0.1, -0.05) is 41.1 Å². The van der Waals surface area contributed by atoms with Crippen LogP contribution in [0.5, 0.6) is 0 Å². The van der Waals surface area contributed by atoms with Gasteiger partial charge in [-0.2, -0.15) is 0 Å². The first-order chi connectivity index (χ1) is 15.7. The Morgan fingerprint density at radius 2 is 1.79 bits per heavy atom. The molecule has 0 saturated heterocycles. The fourth-order valence-electron chi connectivity index (χ4n) is 3.64. The van der Waals surface area contributed by atoms with Crippen LogP contribution in [0.4, 0.5) is 5.69 Å². The minimum Gasteiger partial charge on any atom is -0.349 e. The summed E-state index contributed by atoms with van der Waals surface area (Å²) in [6.07, 6.45) is 0. The van der Waals surface area contributed by atoms with E-state index in [4.69, 9.17) is 0 Å². The standard InChI is InChI=1S/C25H27N5O2S/c1-17-11-13-18(14-12-17)30(22(31)16-29-20-9-6-5-8-19(20)27-28-29)23(21-10-7-15-33-21)24(32)26-25(2,3)4/h5-15,23H,16H2,1-4H3,(H,26,32)/t23-/m0/s1. The second kappa shape index (κ2) is 9.15. The number of fused-ring (bicyclic) bond motifs is 1. The molecular weight excluding hydrogens is 434 g/mol. The molecule has 4 rings (SSSR count). The zero-order chi connectivity index (χ0) is 23.6. The predicted molar refractivity (Wildman–Crippen MR) is 131 cm³/mol. The molecule has 8 heteroatoms. The van der Waals surface area contributed by atoms with Crippen LogP contribution in [-0.2, 0) is 16.1 Å². The van der Waals surface area contributed by atoms with Crippen molar-refractivity contribution in [2.24, 2.45) is 0 Å². The molecule has 0 aliphatic rings. The summed E-state index contributed by atoms with van der Waals surface area (Å²) in [5.41, 5.74) is 2.75. The lowest BCUT2D eigenvalue weighted by molar-refractivity contribution is -0.127. The third-order valence-electron chi connectivity index (χ3n) is 5.10. The van der Waals surface area contributed by atoms with Gasteiger partial charge in [0.25, 0.3) is 0 Å². The number of aryl methyl sites for hydroxylation is 1. The summed E-state index contributed by atoms with van der Waals surface area (Å²) in [7, 11) is 0. The van der Waals surface area contributed by atoms with Crippen molar-refractivity contribution in [3.05, 3.63) is 76.5 Å². The summed E-state index contributed by atoms with van der Waals surface area (Å²) in [6, 6.07) is 18.1. The molecule has 0 spiro atoms. The maximum Gasteiger partial charge on any atom is 0.249 e. The van der Waals surface area contributed by atoms with Crippen LogP contribution in [0.1, 0.15) is 37.3 Å². The number of rotatable bonds is 6. The molecule has 2 aromatic heterocycles. The topological polar surface area (TPSA) is 80.1 Å². The fraction of sp³-hybridized carbons (Fsp3) is 0.280. The van der Waals surface area contributed by atoms with E-state index in [0.717, 1.165) is 16.0 Å². The Morgan fingerprint density at radius 1 is 1.06 bits per heavy atom. The first kappa shape index (κ1) is 22.7. The smallest absolute Gasteiger partial charge is 0.249 e. The van der Waals surface area contributed by atoms with Gasteiger partial charge in [0, 0.05) is 16.1 Å². The summed E-state index contributed by atoms with van der Waals surface area (Å²) >= 11 is 1.45. The molecule has 0 aliphatic heterocycles. The number of nitrogens with zero attached hydrogens (tertiary/aromatic N) is 4. The molecule has 33 heavy (non-hydrogen) atoms. The zero-order valence-corrected chi connectivity index (χ0v) is 20.0. The van der Waals surface area contributed by atoms with E-state index in [-0.39, 0.29) is 18.4 Å². The highest BCUT2D eigenvalue weighted by atomic mass is 32.1. The molecule has 0 fully saturated rings. The molecular formula is C25H27N5O2S. The van der Waals surface area contributed by atoms with Gasteiger partial charge in [0.2, 0.25) is 11.8 Å². The number of aromatic nitrogens is 3. The van der Waals surface area contributed by atoms with Crippen molar-refractivity contribution in [2.75, 3.05) is 4.90 Å². The number of benzene rings is 2. The SMILES string of the molecule is Cc1ccc(N(C(=O)Cn2nnc3ccccc32)[C@H](C(=O)NC(C)(C)C)c2cccs2)cc1. The summed E-state index contributed by atoms with van der Waals surface area (Å²) in [4.78, 5) is 29.7. The summed E-state index contributed by atoms with van der Waals surface area (Å²) in [5.74, 6) is -0.487.